The van der Waals surface area contributed by atoms with Crippen LogP contribution in [-0.4, -0.2) is 36.7 Å². The van der Waals surface area contributed by atoms with Crippen molar-refractivity contribution in [2.75, 3.05) is 14.2 Å². The van der Waals surface area contributed by atoms with E-state index in [9.17, 15) is 9.59 Å². The van der Waals surface area contributed by atoms with Gasteiger partial charge in [-0.05, 0) is 74.7 Å². The average Bonchev–Trinajstić information content (AvgIpc) is 3.26. The van der Waals surface area contributed by atoms with Crippen LogP contribution in [0.5, 0.6) is 5.75 Å². The number of nitrogens with one attached hydrogen (secondary N) is 1. The number of benzene rings is 2. The zero-order valence-corrected chi connectivity index (χ0v) is 19.3. The smallest absolute Gasteiger partial charge is 0.338 e. The van der Waals surface area contributed by atoms with Crippen molar-refractivity contribution in [3.63, 3.8) is 0 Å². The second kappa shape index (κ2) is 9.30. The lowest BCUT2D eigenvalue weighted by Crippen LogP contribution is -2.28. The lowest BCUT2D eigenvalue weighted by atomic mass is 9.90. The number of H-pyrrole nitrogens is 1. The van der Waals surface area contributed by atoms with Gasteiger partial charge in [0, 0.05) is 17.5 Å². The van der Waals surface area contributed by atoms with Gasteiger partial charge in [0.25, 0.3) is 0 Å². The van der Waals surface area contributed by atoms with Crippen molar-refractivity contribution in [2.45, 2.75) is 39.2 Å². The van der Waals surface area contributed by atoms with Crippen molar-refractivity contribution < 1.29 is 23.8 Å². The van der Waals surface area contributed by atoms with Gasteiger partial charge in [0.05, 0.1) is 19.8 Å². The van der Waals surface area contributed by atoms with Crippen LogP contribution >= 0.6 is 0 Å². The monoisotopic (exact) mass is 435 g/mol. The third-order valence-electron chi connectivity index (χ3n) is 5.09. The average molecular weight is 436 g/mol. The van der Waals surface area contributed by atoms with E-state index in [-0.39, 0.29) is 5.97 Å². The molecule has 1 heterocycles. The molecule has 2 aromatic carbocycles. The molecule has 168 valence electrons. The molecule has 1 atom stereocenters. The Kier molecular flexibility index (Phi) is 6.72. The van der Waals surface area contributed by atoms with Crippen molar-refractivity contribution in [3.05, 3.63) is 77.1 Å². The Balaban J connectivity index is 2.14. The highest BCUT2D eigenvalue weighted by molar-refractivity contribution is 5.93. The molecular weight excluding hydrogens is 406 g/mol. The van der Waals surface area contributed by atoms with E-state index < -0.39 is 17.5 Å². The number of methoxy groups -OCH3 is 2. The molecule has 0 fully saturated rings. The van der Waals surface area contributed by atoms with Crippen molar-refractivity contribution >= 4 is 11.9 Å². The van der Waals surface area contributed by atoms with Crippen molar-refractivity contribution in [1.82, 2.24) is 4.98 Å². The van der Waals surface area contributed by atoms with E-state index >= 15 is 0 Å². The van der Waals surface area contributed by atoms with Crippen LogP contribution in [-0.2, 0) is 14.3 Å². The topological polar surface area (TPSA) is 77.6 Å². The number of hydrogen-bond acceptors (Lipinski definition) is 5. The summed E-state index contributed by atoms with van der Waals surface area (Å²) in [5, 5.41) is 0. The molecule has 0 spiro atoms. The summed E-state index contributed by atoms with van der Waals surface area (Å²) in [6.45, 7) is 7.38. The predicted molar refractivity (Wildman–Crippen MR) is 123 cm³/mol. The summed E-state index contributed by atoms with van der Waals surface area (Å²) >= 11 is 0. The molecule has 6 heteroatoms. The minimum absolute atomic E-state index is 0.380. The van der Waals surface area contributed by atoms with Gasteiger partial charge in [0.2, 0.25) is 0 Å². The first-order valence-electron chi connectivity index (χ1n) is 10.4. The minimum Gasteiger partial charge on any atom is -0.496 e. The Morgan fingerprint density at radius 2 is 1.66 bits per heavy atom. The van der Waals surface area contributed by atoms with Crippen LogP contribution in [0.15, 0.2) is 54.7 Å². The summed E-state index contributed by atoms with van der Waals surface area (Å²) in [4.78, 5) is 28.5. The van der Waals surface area contributed by atoms with Gasteiger partial charge >= 0.3 is 11.9 Å². The number of ether oxygens (including phenoxy) is 3. The van der Waals surface area contributed by atoms with Gasteiger partial charge < -0.3 is 19.2 Å². The first-order chi connectivity index (χ1) is 15.1. The van der Waals surface area contributed by atoms with Gasteiger partial charge in [-0.2, -0.15) is 0 Å². The third-order valence-corrected chi connectivity index (χ3v) is 5.09. The molecular formula is C26H29NO5. The van der Waals surface area contributed by atoms with E-state index in [2.05, 4.69) is 4.98 Å². The van der Waals surface area contributed by atoms with Crippen LogP contribution in [0, 0.1) is 6.92 Å². The number of aromatic amines is 1. The van der Waals surface area contributed by atoms with E-state index in [0.717, 1.165) is 16.7 Å². The van der Waals surface area contributed by atoms with Crippen LogP contribution in [0.2, 0.25) is 0 Å². The highest BCUT2D eigenvalue weighted by atomic mass is 16.6. The highest BCUT2D eigenvalue weighted by Crippen LogP contribution is 2.37. The summed E-state index contributed by atoms with van der Waals surface area (Å²) < 4.78 is 16.2. The van der Waals surface area contributed by atoms with Crippen molar-refractivity contribution in [3.8, 4) is 16.9 Å². The van der Waals surface area contributed by atoms with Crippen LogP contribution < -0.4 is 4.74 Å². The molecule has 0 radical (unpaired) electrons. The molecule has 0 aliphatic rings. The summed E-state index contributed by atoms with van der Waals surface area (Å²) in [6.07, 6.45) is 1.77. The highest BCUT2D eigenvalue weighted by Gasteiger charge is 2.31. The minimum atomic E-state index is -0.704. The summed E-state index contributed by atoms with van der Waals surface area (Å²) in [5.74, 6) is -0.908. The molecule has 3 rings (SSSR count). The molecule has 0 amide bonds. The fourth-order valence-corrected chi connectivity index (χ4v) is 3.58. The summed E-state index contributed by atoms with van der Waals surface area (Å²) in [5.41, 5.74) is 3.72. The Hall–Kier alpha value is -3.54. The Morgan fingerprint density at radius 3 is 2.25 bits per heavy atom. The zero-order chi connectivity index (χ0) is 23.5. The molecule has 1 unspecified atom stereocenters. The maximum Gasteiger partial charge on any atom is 0.338 e. The van der Waals surface area contributed by atoms with E-state index in [4.69, 9.17) is 14.2 Å². The number of carbonyl (C=O) groups is 2. The van der Waals surface area contributed by atoms with Gasteiger partial charge in [-0.25, -0.2) is 4.79 Å². The van der Waals surface area contributed by atoms with Crippen LogP contribution in [0.25, 0.3) is 11.1 Å². The Morgan fingerprint density at radius 1 is 0.969 bits per heavy atom. The fraction of sp³-hybridized carbons (Fsp3) is 0.308. The fourth-order valence-electron chi connectivity index (χ4n) is 3.58. The maximum absolute atomic E-state index is 13.2. The maximum atomic E-state index is 13.2. The molecule has 6 nitrogen and oxygen atoms in total. The second-order valence-electron chi connectivity index (χ2n) is 8.57. The Bertz CT molecular complexity index is 1110. The van der Waals surface area contributed by atoms with Crippen molar-refractivity contribution in [2.24, 2.45) is 0 Å². The van der Waals surface area contributed by atoms with E-state index in [1.54, 1.807) is 19.4 Å². The van der Waals surface area contributed by atoms with Gasteiger partial charge in [0.1, 0.15) is 17.3 Å². The standard InChI is InChI=1S/C26H29NO5/c1-16-9-10-17(14-19(16)24(28)31-6)18-11-12-22(30-5)20(15-18)23(21-8-7-13-27-21)25(29)32-26(2,3)4/h7-15,23,27H,1-6H3. The Labute approximate surface area is 188 Å². The van der Waals surface area contributed by atoms with Crippen molar-refractivity contribution in [1.29, 1.82) is 0 Å². The number of hydrogen-bond donors (Lipinski definition) is 1. The van der Waals surface area contributed by atoms with Gasteiger partial charge in [0.15, 0.2) is 0 Å². The molecule has 0 saturated heterocycles. The lowest BCUT2D eigenvalue weighted by molar-refractivity contribution is -0.155. The quantitative estimate of drug-likeness (QED) is 0.535. The SMILES string of the molecule is COC(=O)c1cc(-c2ccc(OC)c(C(C(=O)OC(C)(C)C)c3ccc[nH]3)c2)ccc1C. The van der Waals surface area contributed by atoms with Gasteiger partial charge in [-0.15, -0.1) is 0 Å². The van der Waals surface area contributed by atoms with E-state index in [1.807, 2.05) is 70.2 Å². The first kappa shape index (κ1) is 23.1. The predicted octanol–water partition coefficient (Wildman–Crippen LogP) is 5.26. The molecule has 3 aromatic rings. The largest absolute Gasteiger partial charge is 0.496 e. The number of aromatic nitrogens is 1. The molecule has 32 heavy (non-hydrogen) atoms. The molecule has 0 aliphatic carbocycles. The number of rotatable bonds is 6. The normalized spacial score (nSPS) is 12.2. The van der Waals surface area contributed by atoms with E-state index in [0.29, 0.717) is 22.6 Å². The molecule has 1 N–H and O–H groups in total. The lowest BCUT2D eigenvalue weighted by Gasteiger charge is -2.25. The summed E-state index contributed by atoms with van der Waals surface area (Å²) in [7, 11) is 2.93. The molecule has 0 bridgehead atoms. The third kappa shape index (κ3) is 5.02. The zero-order valence-electron chi connectivity index (χ0n) is 19.3. The van der Waals surface area contributed by atoms with E-state index in [1.165, 1.54) is 7.11 Å². The number of carbonyl (C=O) groups excluding carboxylic acids is 2. The first-order valence-corrected chi connectivity index (χ1v) is 10.4. The van der Waals surface area contributed by atoms with Crippen LogP contribution in [0.4, 0.5) is 0 Å². The molecule has 1 aromatic heterocycles. The van der Waals surface area contributed by atoms with Gasteiger partial charge in [-0.3, -0.25) is 4.79 Å². The van der Waals surface area contributed by atoms with Crippen LogP contribution in [0.3, 0.4) is 0 Å². The number of aryl methyl sites for hydroxylation is 1. The molecule has 0 aliphatic heterocycles. The van der Waals surface area contributed by atoms with Crippen LogP contribution in [0.1, 0.15) is 53.9 Å². The number of esters is 2. The summed E-state index contributed by atoms with van der Waals surface area (Å²) in [6, 6.07) is 14.9. The van der Waals surface area contributed by atoms with Gasteiger partial charge in [-0.1, -0.05) is 18.2 Å². The second-order valence-corrected chi connectivity index (χ2v) is 8.57. The molecule has 0 saturated carbocycles.